The number of carboxylic acids is 1. The van der Waals surface area contributed by atoms with Gasteiger partial charge in [0.15, 0.2) is 22.4 Å². The highest BCUT2D eigenvalue weighted by molar-refractivity contribution is 7.12. The van der Waals surface area contributed by atoms with Gasteiger partial charge in [-0.25, -0.2) is 24.1 Å². The van der Waals surface area contributed by atoms with Crippen molar-refractivity contribution < 1.29 is 19.1 Å². The van der Waals surface area contributed by atoms with Crippen LogP contribution in [0.3, 0.4) is 0 Å². The van der Waals surface area contributed by atoms with Crippen LogP contribution in [-0.2, 0) is 11.2 Å². The number of ketones is 1. The lowest BCUT2D eigenvalue weighted by Gasteiger charge is -2.39. The number of fused-ring (bicyclic) bond motifs is 1. The Hall–Kier alpha value is -3.51. The van der Waals surface area contributed by atoms with Crippen LogP contribution in [0.25, 0.3) is 16.2 Å². The number of pyridine rings is 2. The molecular weight excluding hydrogens is 481 g/mol. The Morgan fingerprint density at radius 3 is 2.65 bits per heavy atom. The first-order valence-corrected chi connectivity index (χ1v) is 12.0. The van der Waals surface area contributed by atoms with Crippen LogP contribution in [0.2, 0.25) is 0 Å². The second-order valence-electron chi connectivity index (χ2n) is 8.02. The molecule has 1 fully saturated rings. The van der Waals surface area contributed by atoms with Crippen LogP contribution in [0.4, 0.5) is 10.2 Å². The first-order valence-electron chi connectivity index (χ1n) is 10.3. The van der Waals surface area contributed by atoms with Gasteiger partial charge in [-0.2, -0.15) is 0 Å². The molecule has 0 saturated carbocycles. The zero-order valence-electron chi connectivity index (χ0n) is 18.1. The number of carbonyl (C=O) groups excluding carboxylic acids is 1. The van der Waals surface area contributed by atoms with E-state index in [2.05, 4.69) is 15.0 Å². The van der Waals surface area contributed by atoms with Crippen molar-refractivity contribution in [3.63, 3.8) is 0 Å². The van der Waals surface area contributed by atoms with E-state index in [1.165, 1.54) is 33.4 Å². The summed E-state index contributed by atoms with van der Waals surface area (Å²) in [6.07, 6.45) is 2.93. The minimum Gasteiger partial charge on any atom is -0.477 e. The summed E-state index contributed by atoms with van der Waals surface area (Å²) in [5, 5.41) is 12.1. The topological polar surface area (TPSA) is 118 Å². The minimum absolute atomic E-state index is 0.00488. The molecule has 5 heterocycles. The number of anilines is 1. The molecule has 1 aliphatic heterocycles. The van der Waals surface area contributed by atoms with Gasteiger partial charge in [0, 0.05) is 35.7 Å². The number of aromatic carboxylic acids is 1. The molecule has 4 aromatic heterocycles. The molecule has 0 unspecified atom stereocenters. The van der Waals surface area contributed by atoms with Gasteiger partial charge < -0.3 is 10.0 Å². The molecule has 0 aromatic carbocycles. The third-order valence-electron chi connectivity index (χ3n) is 5.80. The van der Waals surface area contributed by atoms with Gasteiger partial charge in [-0.05, 0) is 19.9 Å². The van der Waals surface area contributed by atoms with Gasteiger partial charge in [-0.1, -0.05) is 0 Å². The number of nitrogens with zero attached hydrogens (tertiary/aromatic N) is 5. The fourth-order valence-corrected chi connectivity index (χ4v) is 5.39. The second-order valence-corrected chi connectivity index (χ2v) is 10.2. The second kappa shape index (κ2) is 8.37. The predicted octanol–water partition coefficient (Wildman–Crippen LogP) is 3.00. The van der Waals surface area contributed by atoms with Gasteiger partial charge >= 0.3 is 5.97 Å². The molecule has 174 valence electrons. The van der Waals surface area contributed by atoms with Crippen molar-refractivity contribution in [1.29, 1.82) is 0 Å². The lowest BCUT2D eigenvalue weighted by atomic mass is 9.93. The van der Waals surface area contributed by atoms with Crippen molar-refractivity contribution in [2.45, 2.75) is 20.3 Å². The van der Waals surface area contributed by atoms with Crippen LogP contribution in [0.5, 0.6) is 0 Å². The molecule has 0 aliphatic carbocycles. The molecule has 1 N–H and O–H groups in total. The molecule has 0 radical (unpaired) electrons. The number of carboxylic acid groups (broad SMARTS) is 1. The summed E-state index contributed by atoms with van der Waals surface area (Å²) in [6, 6.07) is 1.01. The molecule has 5 rings (SSSR count). The SMILES string of the molecule is Cc1nc(CC(=O)C2CN(c3nc4c(cc3F)c(=O)c(C(=O)O)cn4-c3nccs3)C2)sc1C. The number of halogens is 1. The predicted molar refractivity (Wildman–Crippen MR) is 126 cm³/mol. The van der Waals surface area contributed by atoms with Crippen LogP contribution in [0.1, 0.15) is 25.9 Å². The Morgan fingerprint density at radius 1 is 1.26 bits per heavy atom. The van der Waals surface area contributed by atoms with Crippen LogP contribution in [-0.4, -0.2) is 49.5 Å². The van der Waals surface area contributed by atoms with Gasteiger partial charge in [0.1, 0.15) is 16.4 Å². The average molecular weight is 500 g/mol. The minimum atomic E-state index is -1.42. The molecule has 12 heteroatoms. The number of hydrogen-bond acceptors (Lipinski definition) is 9. The van der Waals surface area contributed by atoms with Gasteiger partial charge in [0.05, 0.1) is 23.4 Å². The Bertz CT molecular complexity index is 1490. The Labute approximate surface area is 200 Å². The number of rotatable bonds is 6. The highest BCUT2D eigenvalue weighted by Gasteiger charge is 2.35. The van der Waals surface area contributed by atoms with Crippen LogP contribution in [0, 0.1) is 25.6 Å². The number of aromatic nitrogens is 4. The number of thiazole rings is 2. The van der Waals surface area contributed by atoms with E-state index in [9.17, 15) is 23.9 Å². The van der Waals surface area contributed by atoms with Crippen molar-refractivity contribution in [2.24, 2.45) is 5.92 Å². The first kappa shape index (κ1) is 22.3. The smallest absolute Gasteiger partial charge is 0.341 e. The molecule has 0 bridgehead atoms. The fraction of sp³-hybridized carbons (Fsp3) is 0.273. The largest absolute Gasteiger partial charge is 0.477 e. The zero-order chi connectivity index (χ0) is 24.1. The third-order valence-corrected chi connectivity index (χ3v) is 7.65. The van der Waals surface area contributed by atoms with Crippen molar-refractivity contribution in [1.82, 2.24) is 19.5 Å². The van der Waals surface area contributed by atoms with E-state index >= 15 is 0 Å². The molecule has 1 aliphatic rings. The zero-order valence-corrected chi connectivity index (χ0v) is 19.7. The molecule has 0 atom stereocenters. The molecule has 4 aromatic rings. The van der Waals surface area contributed by atoms with Gasteiger partial charge in [-0.3, -0.25) is 14.2 Å². The number of carbonyl (C=O) groups is 2. The number of Topliss-reactive ketones (excluding diaryl/α,β-unsaturated/α-hetero) is 1. The fourth-order valence-electron chi connectivity index (χ4n) is 3.83. The first-order chi connectivity index (χ1) is 16.2. The highest BCUT2D eigenvalue weighted by atomic mass is 32.1. The normalized spacial score (nSPS) is 13.9. The Morgan fingerprint density at radius 2 is 2.03 bits per heavy atom. The van der Waals surface area contributed by atoms with E-state index in [0.29, 0.717) is 18.2 Å². The van der Waals surface area contributed by atoms with E-state index in [1.54, 1.807) is 10.3 Å². The summed E-state index contributed by atoms with van der Waals surface area (Å²) in [4.78, 5) is 52.6. The van der Waals surface area contributed by atoms with Crippen molar-refractivity contribution in [3.05, 3.63) is 61.0 Å². The number of hydrogen-bond donors (Lipinski definition) is 1. The average Bonchev–Trinajstić information content (AvgIpc) is 3.38. The highest BCUT2D eigenvalue weighted by Crippen LogP contribution is 2.30. The van der Waals surface area contributed by atoms with Crippen molar-refractivity contribution in [2.75, 3.05) is 18.0 Å². The quantitative estimate of drug-likeness (QED) is 0.430. The number of aryl methyl sites for hydroxylation is 2. The van der Waals surface area contributed by atoms with E-state index in [-0.39, 0.29) is 35.0 Å². The summed E-state index contributed by atoms with van der Waals surface area (Å²) in [5.74, 6) is -2.40. The van der Waals surface area contributed by atoms with Gasteiger partial charge in [0.2, 0.25) is 5.43 Å². The van der Waals surface area contributed by atoms with Crippen molar-refractivity contribution >= 4 is 51.3 Å². The Balaban J connectivity index is 1.46. The van der Waals surface area contributed by atoms with Crippen LogP contribution < -0.4 is 10.3 Å². The van der Waals surface area contributed by atoms with Gasteiger partial charge in [-0.15, -0.1) is 22.7 Å². The molecule has 9 nitrogen and oxygen atoms in total. The lowest BCUT2D eigenvalue weighted by Crippen LogP contribution is -2.51. The molecular formula is C22H18FN5O4S2. The third kappa shape index (κ3) is 3.78. The van der Waals surface area contributed by atoms with Gasteiger partial charge in [0.25, 0.3) is 0 Å². The maximum atomic E-state index is 15.0. The maximum Gasteiger partial charge on any atom is 0.341 e. The molecule has 0 amide bonds. The molecule has 1 saturated heterocycles. The summed E-state index contributed by atoms with van der Waals surface area (Å²) < 4.78 is 16.4. The van der Waals surface area contributed by atoms with E-state index in [4.69, 9.17) is 0 Å². The summed E-state index contributed by atoms with van der Waals surface area (Å²) in [7, 11) is 0. The standard InChI is InChI=1S/C22H18FN5O4S2/c1-10-11(2)34-17(25-10)6-16(29)12-7-27(8-12)20-15(23)5-13-18(30)14(21(31)32)9-28(19(13)26-20)22-24-3-4-33-22/h3-5,9,12H,6-8H2,1-2H3,(H,31,32). The monoisotopic (exact) mass is 499 g/mol. The summed E-state index contributed by atoms with van der Waals surface area (Å²) >= 11 is 2.73. The molecule has 34 heavy (non-hydrogen) atoms. The molecule has 0 spiro atoms. The lowest BCUT2D eigenvalue weighted by molar-refractivity contribution is -0.122. The van der Waals surface area contributed by atoms with Crippen LogP contribution >= 0.6 is 22.7 Å². The van der Waals surface area contributed by atoms with Crippen molar-refractivity contribution in [3.8, 4) is 5.13 Å². The van der Waals surface area contributed by atoms with Crippen LogP contribution in [0.15, 0.2) is 28.6 Å². The summed E-state index contributed by atoms with van der Waals surface area (Å²) in [6.45, 7) is 4.47. The maximum absolute atomic E-state index is 15.0. The summed E-state index contributed by atoms with van der Waals surface area (Å²) in [5.41, 5.74) is -0.300. The van der Waals surface area contributed by atoms with E-state index in [1.807, 2.05) is 13.8 Å². The van der Waals surface area contributed by atoms with E-state index < -0.39 is 22.8 Å². The Kier molecular flexibility index (Phi) is 5.48. The van der Waals surface area contributed by atoms with E-state index in [0.717, 1.165) is 27.8 Å².